The van der Waals surface area contributed by atoms with Gasteiger partial charge in [-0.15, -0.1) is 0 Å². The minimum Gasteiger partial charge on any atom is -0.508 e. The van der Waals surface area contributed by atoms with Crippen LogP contribution < -0.4 is 0 Å². The molecular formula is C25H42O2. The van der Waals surface area contributed by atoms with Gasteiger partial charge >= 0.3 is 0 Å². The van der Waals surface area contributed by atoms with Gasteiger partial charge in [-0.05, 0) is 56.2 Å². The zero-order valence-corrected chi connectivity index (χ0v) is 17.6. The predicted molar refractivity (Wildman–Crippen MR) is 118 cm³/mol. The quantitative estimate of drug-likeness (QED) is 0.214. The van der Waals surface area contributed by atoms with Gasteiger partial charge in [0.1, 0.15) is 11.5 Å². The van der Waals surface area contributed by atoms with Crippen molar-refractivity contribution in [3.05, 3.63) is 35.9 Å². The molecule has 0 amide bonds. The fraction of sp³-hybridized carbons (Fsp3) is 0.680. The molecule has 0 saturated heterocycles. The maximum Gasteiger partial charge on any atom is 0.119 e. The van der Waals surface area contributed by atoms with Gasteiger partial charge in [-0.1, -0.05) is 83.3 Å². The van der Waals surface area contributed by atoms with E-state index >= 15 is 0 Å². The first kappa shape index (κ1) is 23.6. The van der Waals surface area contributed by atoms with Gasteiger partial charge in [0.15, 0.2) is 0 Å². The zero-order chi connectivity index (χ0) is 19.6. The van der Waals surface area contributed by atoms with E-state index < -0.39 is 0 Å². The van der Waals surface area contributed by atoms with E-state index in [0.29, 0.717) is 0 Å². The molecule has 0 atom stereocenters. The largest absolute Gasteiger partial charge is 0.508 e. The molecule has 1 rings (SSSR count). The number of phenolic OH excluding ortho intramolecular Hbond substituents is 2. The Kier molecular flexibility index (Phi) is 14.6. The highest BCUT2D eigenvalue weighted by molar-refractivity contribution is 5.36. The summed E-state index contributed by atoms with van der Waals surface area (Å²) in [6, 6.07) is 4.89. The van der Waals surface area contributed by atoms with Gasteiger partial charge in [-0.3, -0.25) is 0 Å². The molecule has 0 saturated carbocycles. The van der Waals surface area contributed by atoms with Crippen LogP contribution in [0.5, 0.6) is 11.5 Å². The van der Waals surface area contributed by atoms with Crippen LogP contribution in [0, 0.1) is 0 Å². The zero-order valence-electron chi connectivity index (χ0n) is 17.6. The second-order valence-corrected chi connectivity index (χ2v) is 7.90. The van der Waals surface area contributed by atoms with Gasteiger partial charge < -0.3 is 10.2 Å². The lowest BCUT2D eigenvalue weighted by atomic mass is 10.0. The van der Waals surface area contributed by atoms with E-state index in [9.17, 15) is 10.2 Å². The molecule has 1 aromatic carbocycles. The average molecular weight is 375 g/mol. The predicted octanol–water partition coefficient (Wildman–Crippen LogP) is 8.07. The van der Waals surface area contributed by atoms with E-state index in [-0.39, 0.29) is 11.5 Å². The standard InChI is InChI=1S/C25H42O2/c1-2-3-4-5-6-7-8-9-10-11-12-13-14-15-16-17-18-19-23-20-24(26)22-25(27)21-23/h7-8,20-22,26-27H,2-6,9-19H2,1H3. The van der Waals surface area contributed by atoms with Crippen LogP contribution in [0.3, 0.4) is 0 Å². The summed E-state index contributed by atoms with van der Waals surface area (Å²) in [7, 11) is 0. The molecule has 2 N–H and O–H groups in total. The van der Waals surface area contributed by atoms with Gasteiger partial charge in [0.2, 0.25) is 0 Å². The molecule has 2 nitrogen and oxygen atoms in total. The SMILES string of the molecule is CCCCCCC=CCCCCCCCCCCCc1cc(O)cc(O)c1. The second-order valence-electron chi connectivity index (χ2n) is 7.90. The molecule has 0 aliphatic carbocycles. The highest BCUT2D eigenvalue weighted by atomic mass is 16.3. The first-order valence-electron chi connectivity index (χ1n) is 11.4. The third-order valence-electron chi connectivity index (χ3n) is 5.19. The summed E-state index contributed by atoms with van der Waals surface area (Å²) in [4.78, 5) is 0. The molecule has 1 aromatic rings. The summed E-state index contributed by atoms with van der Waals surface area (Å²) < 4.78 is 0. The van der Waals surface area contributed by atoms with Gasteiger partial charge in [-0.25, -0.2) is 0 Å². The minimum atomic E-state index is 0.160. The van der Waals surface area contributed by atoms with Gasteiger partial charge in [0.05, 0.1) is 0 Å². The Morgan fingerprint density at radius 2 is 1.04 bits per heavy atom. The molecule has 0 aliphatic heterocycles. The van der Waals surface area contributed by atoms with Crippen molar-refractivity contribution in [1.82, 2.24) is 0 Å². The highest BCUT2D eigenvalue weighted by Gasteiger charge is 1.99. The summed E-state index contributed by atoms with van der Waals surface area (Å²) in [6.07, 6.45) is 25.6. The van der Waals surface area contributed by atoms with Crippen molar-refractivity contribution in [1.29, 1.82) is 0 Å². The van der Waals surface area contributed by atoms with Crippen molar-refractivity contribution in [2.75, 3.05) is 0 Å². The molecule has 154 valence electrons. The van der Waals surface area contributed by atoms with Crippen LogP contribution in [0.2, 0.25) is 0 Å². The number of unbranched alkanes of at least 4 members (excludes halogenated alkanes) is 13. The Labute approximate surface area is 167 Å². The molecule has 2 heteroatoms. The van der Waals surface area contributed by atoms with Crippen molar-refractivity contribution in [3.63, 3.8) is 0 Å². The Bertz CT molecular complexity index is 473. The number of phenols is 2. The molecule has 0 radical (unpaired) electrons. The lowest BCUT2D eigenvalue weighted by Gasteiger charge is -2.04. The third-order valence-corrected chi connectivity index (χ3v) is 5.19. The van der Waals surface area contributed by atoms with E-state index in [4.69, 9.17) is 0 Å². The number of aryl methyl sites for hydroxylation is 1. The third kappa shape index (κ3) is 14.3. The molecule has 27 heavy (non-hydrogen) atoms. The van der Waals surface area contributed by atoms with E-state index in [1.165, 1.54) is 96.0 Å². The Hall–Kier alpha value is -1.44. The molecule has 0 unspecified atom stereocenters. The first-order valence-corrected chi connectivity index (χ1v) is 11.4. The number of benzene rings is 1. The van der Waals surface area contributed by atoms with Crippen LogP contribution in [-0.2, 0) is 6.42 Å². The normalized spacial score (nSPS) is 11.4. The van der Waals surface area contributed by atoms with E-state index in [0.717, 1.165) is 18.4 Å². The number of hydrogen-bond acceptors (Lipinski definition) is 2. The fourth-order valence-electron chi connectivity index (χ4n) is 3.55. The summed E-state index contributed by atoms with van der Waals surface area (Å²) in [5.41, 5.74) is 1.03. The van der Waals surface area contributed by atoms with Gasteiger partial charge in [-0.2, -0.15) is 0 Å². The monoisotopic (exact) mass is 374 g/mol. The van der Waals surface area contributed by atoms with E-state index in [2.05, 4.69) is 19.1 Å². The molecular weight excluding hydrogens is 332 g/mol. The smallest absolute Gasteiger partial charge is 0.119 e. The highest BCUT2D eigenvalue weighted by Crippen LogP contribution is 2.22. The van der Waals surface area contributed by atoms with Crippen LogP contribution >= 0.6 is 0 Å². The Balaban J connectivity index is 1.82. The van der Waals surface area contributed by atoms with Crippen LogP contribution in [0.1, 0.15) is 109 Å². The molecule has 0 fully saturated rings. The topological polar surface area (TPSA) is 40.5 Å². The molecule has 0 bridgehead atoms. The number of aromatic hydroxyl groups is 2. The summed E-state index contributed by atoms with van der Waals surface area (Å²) >= 11 is 0. The number of rotatable bonds is 17. The number of hydrogen-bond donors (Lipinski definition) is 2. The van der Waals surface area contributed by atoms with Crippen molar-refractivity contribution in [2.45, 2.75) is 110 Å². The summed E-state index contributed by atoms with van der Waals surface area (Å²) in [5, 5.41) is 18.9. The van der Waals surface area contributed by atoms with Crippen molar-refractivity contribution < 1.29 is 10.2 Å². The number of allylic oxidation sites excluding steroid dienone is 2. The lowest BCUT2D eigenvalue weighted by molar-refractivity contribution is 0.449. The van der Waals surface area contributed by atoms with Gasteiger partial charge in [0.25, 0.3) is 0 Å². The van der Waals surface area contributed by atoms with Crippen LogP contribution in [0.25, 0.3) is 0 Å². The van der Waals surface area contributed by atoms with E-state index in [1.54, 1.807) is 12.1 Å². The second kappa shape index (κ2) is 16.7. The fourth-order valence-corrected chi connectivity index (χ4v) is 3.55. The maximum atomic E-state index is 9.47. The lowest BCUT2D eigenvalue weighted by Crippen LogP contribution is -1.87. The Morgan fingerprint density at radius 1 is 0.593 bits per heavy atom. The molecule has 0 spiro atoms. The average Bonchev–Trinajstić information content (AvgIpc) is 2.63. The Morgan fingerprint density at radius 3 is 1.56 bits per heavy atom. The van der Waals surface area contributed by atoms with Gasteiger partial charge in [0, 0.05) is 6.07 Å². The summed E-state index contributed by atoms with van der Waals surface area (Å²) in [5.74, 6) is 0.319. The summed E-state index contributed by atoms with van der Waals surface area (Å²) in [6.45, 7) is 2.27. The van der Waals surface area contributed by atoms with Crippen LogP contribution in [0.15, 0.2) is 30.4 Å². The van der Waals surface area contributed by atoms with Crippen molar-refractivity contribution >= 4 is 0 Å². The first-order chi connectivity index (χ1) is 13.2. The van der Waals surface area contributed by atoms with Crippen LogP contribution in [-0.4, -0.2) is 10.2 Å². The van der Waals surface area contributed by atoms with Crippen LogP contribution in [0.4, 0.5) is 0 Å². The molecule has 0 heterocycles. The minimum absolute atomic E-state index is 0.160. The van der Waals surface area contributed by atoms with Crippen molar-refractivity contribution in [2.24, 2.45) is 0 Å². The maximum absolute atomic E-state index is 9.47. The van der Waals surface area contributed by atoms with E-state index in [1.807, 2.05) is 0 Å². The molecule has 0 aliphatic rings. The molecule has 0 aromatic heterocycles. The van der Waals surface area contributed by atoms with Crippen molar-refractivity contribution in [3.8, 4) is 11.5 Å².